The predicted molar refractivity (Wildman–Crippen MR) is 107 cm³/mol. The third-order valence-electron chi connectivity index (χ3n) is 4.37. The molecule has 0 aliphatic heterocycles. The molecule has 0 bridgehead atoms. The highest BCUT2D eigenvalue weighted by molar-refractivity contribution is 6.30. The maximum Gasteiger partial charge on any atom is 0.220 e. The van der Waals surface area contributed by atoms with E-state index in [0.717, 1.165) is 11.1 Å². The molecule has 6 heteroatoms. The second-order valence-corrected chi connectivity index (χ2v) is 6.81. The third-order valence-corrected chi connectivity index (χ3v) is 4.62. The summed E-state index contributed by atoms with van der Waals surface area (Å²) in [4.78, 5) is 12.1. The minimum atomic E-state index is -0.0423. The van der Waals surface area contributed by atoms with Gasteiger partial charge in [-0.25, -0.2) is 0 Å². The number of benzene rings is 2. The molecule has 5 nitrogen and oxygen atoms in total. The number of rotatable bonds is 10. The molecule has 0 radical (unpaired) electrons. The van der Waals surface area contributed by atoms with E-state index in [1.165, 1.54) is 0 Å². The molecule has 2 aromatic carbocycles. The van der Waals surface area contributed by atoms with Crippen molar-refractivity contribution in [1.82, 2.24) is 5.32 Å². The first-order valence-electron chi connectivity index (χ1n) is 8.88. The van der Waals surface area contributed by atoms with Crippen LogP contribution in [0.1, 0.15) is 17.5 Å². The van der Waals surface area contributed by atoms with Crippen LogP contribution >= 0.6 is 11.6 Å². The minimum absolute atomic E-state index is 0.0125. The highest BCUT2D eigenvalue weighted by Gasteiger charge is 2.12. The minimum Gasteiger partial charge on any atom is -0.493 e. The van der Waals surface area contributed by atoms with Gasteiger partial charge >= 0.3 is 0 Å². The van der Waals surface area contributed by atoms with E-state index in [1.807, 2.05) is 42.5 Å². The van der Waals surface area contributed by atoms with Gasteiger partial charge in [0.15, 0.2) is 11.5 Å². The van der Waals surface area contributed by atoms with Crippen LogP contribution in [0.4, 0.5) is 0 Å². The van der Waals surface area contributed by atoms with Crippen LogP contribution in [-0.2, 0) is 17.6 Å². The lowest BCUT2D eigenvalue weighted by atomic mass is 10.00. The average Bonchev–Trinajstić information content (AvgIpc) is 2.70. The molecule has 0 unspecified atom stereocenters. The van der Waals surface area contributed by atoms with Crippen molar-refractivity contribution < 1.29 is 19.4 Å². The molecule has 2 N–H and O–H groups in total. The number of hydrogen-bond acceptors (Lipinski definition) is 4. The average molecular weight is 392 g/mol. The zero-order valence-corrected chi connectivity index (χ0v) is 16.5. The van der Waals surface area contributed by atoms with Crippen LogP contribution in [0.5, 0.6) is 11.5 Å². The van der Waals surface area contributed by atoms with Gasteiger partial charge in [0, 0.05) is 30.5 Å². The molecule has 146 valence electrons. The van der Waals surface area contributed by atoms with E-state index in [9.17, 15) is 9.90 Å². The summed E-state index contributed by atoms with van der Waals surface area (Å²) in [6.45, 7) is 0.447. The maximum absolute atomic E-state index is 12.1. The van der Waals surface area contributed by atoms with Crippen LogP contribution in [0, 0.1) is 5.92 Å². The summed E-state index contributed by atoms with van der Waals surface area (Å²) in [5, 5.41) is 13.2. The highest BCUT2D eigenvalue weighted by atomic mass is 35.5. The zero-order chi connectivity index (χ0) is 19.6. The lowest BCUT2D eigenvalue weighted by molar-refractivity contribution is -0.121. The molecule has 1 amide bonds. The van der Waals surface area contributed by atoms with Crippen molar-refractivity contribution in [3.8, 4) is 11.5 Å². The molecule has 0 aliphatic carbocycles. The Hall–Kier alpha value is -2.24. The van der Waals surface area contributed by atoms with Crippen molar-refractivity contribution in [3.63, 3.8) is 0 Å². The smallest absolute Gasteiger partial charge is 0.220 e. The van der Waals surface area contributed by atoms with E-state index >= 15 is 0 Å². The van der Waals surface area contributed by atoms with Gasteiger partial charge in [0.1, 0.15) is 0 Å². The van der Waals surface area contributed by atoms with Crippen molar-refractivity contribution in [1.29, 1.82) is 0 Å². The number of hydrogen-bond donors (Lipinski definition) is 2. The van der Waals surface area contributed by atoms with Gasteiger partial charge < -0.3 is 19.9 Å². The number of aliphatic hydroxyl groups is 1. The fourth-order valence-corrected chi connectivity index (χ4v) is 2.92. The first kappa shape index (κ1) is 21.1. The molecule has 0 aromatic heterocycles. The summed E-state index contributed by atoms with van der Waals surface area (Å²) in [5.74, 6) is 1.24. The zero-order valence-electron chi connectivity index (χ0n) is 15.7. The molecule has 0 spiro atoms. The lowest BCUT2D eigenvalue weighted by Crippen LogP contribution is -2.32. The Kier molecular flexibility index (Phi) is 8.43. The van der Waals surface area contributed by atoms with E-state index in [-0.39, 0.29) is 18.4 Å². The molecule has 0 saturated carbocycles. The first-order chi connectivity index (χ1) is 13.0. The molecule has 2 rings (SSSR count). The van der Waals surface area contributed by atoms with E-state index in [4.69, 9.17) is 21.1 Å². The van der Waals surface area contributed by atoms with Crippen molar-refractivity contribution >= 4 is 17.5 Å². The van der Waals surface area contributed by atoms with Crippen molar-refractivity contribution in [2.45, 2.75) is 19.3 Å². The maximum atomic E-state index is 12.1. The van der Waals surface area contributed by atoms with Gasteiger partial charge in [0.05, 0.1) is 14.2 Å². The molecular formula is C21H26ClNO4. The molecule has 27 heavy (non-hydrogen) atoms. The number of amides is 1. The Bertz CT molecular complexity index is 733. The van der Waals surface area contributed by atoms with Gasteiger partial charge in [-0.05, 0) is 48.2 Å². The quantitative estimate of drug-likeness (QED) is 0.652. The topological polar surface area (TPSA) is 67.8 Å². The number of aliphatic hydroxyl groups excluding tert-OH is 1. The van der Waals surface area contributed by atoms with Crippen molar-refractivity contribution in [2.24, 2.45) is 5.92 Å². The largest absolute Gasteiger partial charge is 0.493 e. The number of methoxy groups -OCH3 is 2. The van der Waals surface area contributed by atoms with Crippen LogP contribution < -0.4 is 14.8 Å². The Morgan fingerprint density at radius 1 is 1.07 bits per heavy atom. The number of carbonyl (C=O) groups excluding carboxylic acids is 1. The predicted octanol–water partition coefficient (Wildman–Crippen LogP) is 3.26. The summed E-state index contributed by atoms with van der Waals surface area (Å²) in [6, 6.07) is 13.2. The molecule has 0 fully saturated rings. The van der Waals surface area contributed by atoms with Crippen LogP contribution in [0.25, 0.3) is 0 Å². The van der Waals surface area contributed by atoms with E-state index in [0.29, 0.717) is 42.3 Å². The second kappa shape index (κ2) is 10.8. The number of halogens is 1. The van der Waals surface area contributed by atoms with E-state index in [2.05, 4.69) is 5.32 Å². The van der Waals surface area contributed by atoms with Crippen LogP contribution in [-0.4, -0.2) is 38.4 Å². The lowest BCUT2D eigenvalue weighted by Gasteiger charge is -2.15. The molecule has 2 aromatic rings. The van der Waals surface area contributed by atoms with Crippen molar-refractivity contribution in [3.05, 3.63) is 58.6 Å². The second-order valence-electron chi connectivity index (χ2n) is 6.37. The van der Waals surface area contributed by atoms with Gasteiger partial charge in [0.2, 0.25) is 5.91 Å². The fourth-order valence-electron chi connectivity index (χ4n) is 2.80. The molecule has 0 heterocycles. The summed E-state index contributed by atoms with van der Waals surface area (Å²) < 4.78 is 10.5. The molecule has 1 atom stereocenters. The van der Waals surface area contributed by atoms with Crippen LogP contribution in [0.15, 0.2) is 42.5 Å². The Morgan fingerprint density at radius 2 is 1.74 bits per heavy atom. The van der Waals surface area contributed by atoms with Gasteiger partial charge in [-0.1, -0.05) is 29.8 Å². The normalized spacial score (nSPS) is 11.7. The van der Waals surface area contributed by atoms with E-state index < -0.39 is 0 Å². The van der Waals surface area contributed by atoms with Crippen LogP contribution in [0.3, 0.4) is 0 Å². The number of aryl methyl sites for hydroxylation is 1. The van der Waals surface area contributed by atoms with Crippen molar-refractivity contribution in [2.75, 3.05) is 27.4 Å². The SMILES string of the molecule is COc1ccc(CCC(=O)NC[C@H](CO)Cc2ccc(Cl)cc2)cc1OC. The monoisotopic (exact) mass is 391 g/mol. The van der Waals surface area contributed by atoms with Gasteiger partial charge in [-0.2, -0.15) is 0 Å². The summed E-state index contributed by atoms with van der Waals surface area (Å²) >= 11 is 5.88. The summed E-state index contributed by atoms with van der Waals surface area (Å²) in [6.07, 6.45) is 1.66. The standard InChI is InChI=1S/C21H26ClNO4/c1-26-19-9-5-16(12-20(19)27-2)6-10-21(25)23-13-17(14-24)11-15-3-7-18(22)8-4-15/h3-5,7-9,12,17,24H,6,10-11,13-14H2,1-2H3,(H,23,25)/t17-/m1/s1. The number of carbonyl (C=O) groups is 1. The highest BCUT2D eigenvalue weighted by Crippen LogP contribution is 2.27. The summed E-state index contributed by atoms with van der Waals surface area (Å²) in [7, 11) is 3.18. The molecule has 0 saturated heterocycles. The molecule has 0 aliphatic rings. The summed E-state index contributed by atoms with van der Waals surface area (Å²) in [5.41, 5.74) is 2.08. The molecular weight excluding hydrogens is 366 g/mol. The number of nitrogens with one attached hydrogen (secondary N) is 1. The Morgan fingerprint density at radius 3 is 2.37 bits per heavy atom. The Labute approximate surface area is 165 Å². The fraction of sp³-hybridized carbons (Fsp3) is 0.381. The van der Waals surface area contributed by atoms with Gasteiger partial charge in [-0.3, -0.25) is 4.79 Å². The van der Waals surface area contributed by atoms with E-state index in [1.54, 1.807) is 14.2 Å². The van der Waals surface area contributed by atoms with Gasteiger partial charge in [-0.15, -0.1) is 0 Å². The van der Waals surface area contributed by atoms with Gasteiger partial charge in [0.25, 0.3) is 0 Å². The van der Waals surface area contributed by atoms with Crippen LogP contribution in [0.2, 0.25) is 5.02 Å². The third kappa shape index (κ3) is 6.77. The Balaban J connectivity index is 1.80. The first-order valence-corrected chi connectivity index (χ1v) is 9.26. The number of ether oxygens (including phenoxy) is 2.